The van der Waals surface area contributed by atoms with Crippen molar-refractivity contribution in [2.45, 2.75) is 38.9 Å². The third kappa shape index (κ3) is 4.78. The lowest BCUT2D eigenvalue weighted by Gasteiger charge is -2.14. The highest BCUT2D eigenvalue weighted by Gasteiger charge is 2.30. The molecular weight excluding hydrogens is 448 g/mol. The molecule has 2 aromatic heterocycles. The van der Waals surface area contributed by atoms with Crippen LogP contribution in [0.15, 0.2) is 60.7 Å². The second-order valence-corrected chi connectivity index (χ2v) is 8.94. The van der Waals surface area contributed by atoms with E-state index in [4.69, 9.17) is 0 Å². The zero-order valence-electron chi connectivity index (χ0n) is 18.7. The summed E-state index contributed by atoms with van der Waals surface area (Å²) in [6.45, 7) is 5.79. The Morgan fingerprint density at radius 3 is 2.41 bits per heavy atom. The van der Waals surface area contributed by atoms with Crippen LogP contribution in [-0.2, 0) is 18.1 Å². The topological polar surface area (TPSA) is 59.3 Å². The molecule has 4 aromatic rings. The third-order valence-corrected chi connectivity index (χ3v) is 5.29. The van der Waals surface area contributed by atoms with Gasteiger partial charge in [-0.2, -0.15) is 18.3 Å². The van der Waals surface area contributed by atoms with Crippen molar-refractivity contribution < 1.29 is 22.4 Å². The van der Waals surface area contributed by atoms with Crippen molar-refractivity contribution in [2.24, 2.45) is 0 Å². The molecule has 0 radical (unpaired) electrons. The first-order valence-electron chi connectivity index (χ1n) is 10.5. The summed E-state index contributed by atoms with van der Waals surface area (Å²) in [7, 11) is 0. The second kappa shape index (κ2) is 8.55. The van der Waals surface area contributed by atoms with Gasteiger partial charge < -0.3 is 5.32 Å². The number of amides is 1. The van der Waals surface area contributed by atoms with Gasteiger partial charge in [-0.15, -0.1) is 0 Å². The molecule has 0 unspecified atom stereocenters. The normalized spacial score (nSPS) is 12.2. The Morgan fingerprint density at radius 2 is 1.74 bits per heavy atom. The van der Waals surface area contributed by atoms with Crippen molar-refractivity contribution >= 4 is 11.6 Å². The van der Waals surface area contributed by atoms with Crippen LogP contribution in [0.1, 0.15) is 48.1 Å². The van der Waals surface area contributed by atoms with E-state index in [1.54, 1.807) is 24.3 Å². The number of aromatic nitrogens is 3. The predicted octanol–water partition coefficient (Wildman–Crippen LogP) is 5.78. The Hall–Kier alpha value is -3.75. The van der Waals surface area contributed by atoms with Crippen molar-refractivity contribution in [3.63, 3.8) is 0 Å². The average molecular weight is 470 g/mol. The van der Waals surface area contributed by atoms with Gasteiger partial charge in [-0.25, -0.2) is 13.9 Å². The van der Waals surface area contributed by atoms with Gasteiger partial charge in [-0.3, -0.25) is 4.79 Å². The van der Waals surface area contributed by atoms with Gasteiger partial charge in [0.25, 0.3) is 5.91 Å². The number of carbonyl (C=O) groups excluding carboxylic acids is 1. The molecule has 5 nitrogen and oxygen atoms in total. The monoisotopic (exact) mass is 470 g/mol. The summed E-state index contributed by atoms with van der Waals surface area (Å²) < 4.78 is 55.0. The maximum absolute atomic E-state index is 14.6. The molecule has 0 aliphatic carbocycles. The quantitative estimate of drug-likeness (QED) is 0.385. The van der Waals surface area contributed by atoms with Gasteiger partial charge in [0.05, 0.1) is 17.0 Å². The third-order valence-electron chi connectivity index (χ3n) is 5.29. The number of alkyl halides is 3. The molecule has 0 saturated carbocycles. The molecule has 0 aliphatic heterocycles. The number of hydrogen-bond acceptors (Lipinski definition) is 3. The van der Waals surface area contributed by atoms with Gasteiger partial charge in [-0.1, -0.05) is 45.0 Å². The maximum Gasteiger partial charge on any atom is 0.416 e. The molecular formula is C25H22F4N4O. The molecule has 2 aromatic carbocycles. The van der Waals surface area contributed by atoms with Gasteiger partial charge in [0, 0.05) is 23.6 Å². The van der Waals surface area contributed by atoms with E-state index in [0.717, 1.165) is 12.1 Å². The molecule has 0 aliphatic rings. The molecule has 176 valence electrons. The number of nitrogens with zero attached hydrogens (tertiary/aromatic N) is 3. The molecule has 1 N–H and O–H groups in total. The lowest BCUT2D eigenvalue weighted by Crippen LogP contribution is -2.24. The minimum absolute atomic E-state index is 0.00177. The van der Waals surface area contributed by atoms with E-state index in [1.165, 1.54) is 28.8 Å². The van der Waals surface area contributed by atoms with Crippen LogP contribution < -0.4 is 5.32 Å². The first kappa shape index (κ1) is 23.4. The summed E-state index contributed by atoms with van der Waals surface area (Å²) in [6, 6.07) is 14.0. The lowest BCUT2D eigenvalue weighted by atomic mass is 9.93. The summed E-state index contributed by atoms with van der Waals surface area (Å²) in [6.07, 6.45) is -4.48. The van der Waals surface area contributed by atoms with E-state index in [1.807, 2.05) is 20.8 Å². The van der Waals surface area contributed by atoms with Gasteiger partial charge in [0.2, 0.25) is 0 Å². The first-order valence-corrected chi connectivity index (χ1v) is 10.5. The number of hydrogen-bond donors (Lipinski definition) is 1. The molecule has 0 saturated heterocycles. The Morgan fingerprint density at radius 1 is 1.00 bits per heavy atom. The molecule has 9 heteroatoms. The smallest absolute Gasteiger partial charge is 0.347 e. The van der Waals surface area contributed by atoms with Crippen LogP contribution in [0.5, 0.6) is 0 Å². The zero-order chi connectivity index (χ0) is 24.7. The van der Waals surface area contributed by atoms with Gasteiger partial charge in [0.15, 0.2) is 5.65 Å². The van der Waals surface area contributed by atoms with Gasteiger partial charge in [0.1, 0.15) is 11.5 Å². The fourth-order valence-electron chi connectivity index (χ4n) is 3.45. The summed E-state index contributed by atoms with van der Waals surface area (Å²) in [5.41, 5.74) is 0.819. The standard InChI is InChI=1S/C25H22F4N4O/c1-24(2,3)21-13-22-31-19(12-20(33(22)32-21)17-9-4-5-10-18(17)26)23(34)30-14-15-7-6-8-16(11-15)25(27,28)29/h4-13H,14H2,1-3H3,(H,30,34). The maximum atomic E-state index is 14.6. The van der Waals surface area contributed by atoms with E-state index in [9.17, 15) is 22.4 Å². The minimum Gasteiger partial charge on any atom is -0.347 e. The Labute approximate surface area is 193 Å². The molecule has 2 heterocycles. The number of fused-ring (bicyclic) bond motifs is 1. The molecule has 0 spiro atoms. The van der Waals surface area contributed by atoms with Crippen molar-refractivity contribution in [3.05, 3.63) is 89.0 Å². The van der Waals surface area contributed by atoms with Crippen molar-refractivity contribution in [1.29, 1.82) is 0 Å². The van der Waals surface area contributed by atoms with Crippen LogP contribution in [0.25, 0.3) is 16.9 Å². The lowest BCUT2D eigenvalue weighted by molar-refractivity contribution is -0.137. The van der Waals surface area contributed by atoms with Gasteiger partial charge in [-0.05, 0) is 35.9 Å². The molecule has 1 amide bonds. The van der Waals surface area contributed by atoms with E-state index in [0.29, 0.717) is 17.0 Å². The van der Waals surface area contributed by atoms with E-state index < -0.39 is 23.5 Å². The first-order chi connectivity index (χ1) is 15.9. The largest absolute Gasteiger partial charge is 0.416 e. The van der Waals surface area contributed by atoms with Crippen LogP contribution in [0.4, 0.5) is 17.6 Å². The zero-order valence-corrected chi connectivity index (χ0v) is 18.7. The molecule has 0 bridgehead atoms. The van der Waals surface area contributed by atoms with E-state index in [-0.39, 0.29) is 28.8 Å². The summed E-state index contributed by atoms with van der Waals surface area (Å²) >= 11 is 0. The Bertz CT molecular complexity index is 1370. The van der Waals surface area contributed by atoms with Crippen LogP contribution in [0.2, 0.25) is 0 Å². The van der Waals surface area contributed by atoms with Crippen LogP contribution in [-0.4, -0.2) is 20.5 Å². The SMILES string of the molecule is CC(C)(C)c1cc2nc(C(=O)NCc3cccc(C(F)(F)F)c3)cc(-c3ccccc3F)n2n1. The highest BCUT2D eigenvalue weighted by Crippen LogP contribution is 2.30. The second-order valence-electron chi connectivity index (χ2n) is 8.94. The summed E-state index contributed by atoms with van der Waals surface area (Å²) in [5.74, 6) is -1.09. The number of nitrogens with one attached hydrogen (secondary N) is 1. The summed E-state index contributed by atoms with van der Waals surface area (Å²) in [5, 5.41) is 7.17. The number of rotatable bonds is 4. The van der Waals surface area contributed by atoms with Crippen molar-refractivity contribution in [3.8, 4) is 11.3 Å². The number of benzene rings is 2. The Kier molecular flexibility index (Phi) is 5.89. The number of halogens is 4. The number of carbonyl (C=O) groups is 1. The minimum atomic E-state index is -4.48. The Balaban J connectivity index is 1.71. The fraction of sp³-hybridized carbons (Fsp3) is 0.240. The molecule has 0 fully saturated rings. The van der Waals surface area contributed by atoms with Gasteiger partial charge >= 0.3 is 6.18 Å². The van der Waals surface area contributed by atoms with E-state index in [2.05, 4.69) is 15.4 Å². The summed E-state index contributed by atoms with van der Waals surface area (Å²) in [4.78, 5) is 17.3. The van der Waals surface area contributed by atoms with Crippen molar-refractivity contribution in [1.82, 2.24) is 19.9 Å². The van der Waals surface area contributed by atoms with Crippen LogP contribution in [0, 0.1) is 5.82 Å². The fourth-order valence-corrected chi connectivity index (χ4v) is 3.45. The predicted molar refractivity (Wildman–Crippen MR) is 120 cm³/mol. The van der Waals surface area contributed by atoms with Crippen molar-refractivity contribution in [2.75, 3.05) is 0 Å². The molecule has 4 rings (SSSR count). The van der Waals surface area contributed by atoms with Crippen LogP contribution in [0.3, 0.4) is 0 Å². The van der Waals surface area contributed by atoms with E-state index >= 15 is 0 Å². The highest BCUT2D eigenvalue weighted by molar-refractivity contribution is 5.94. The van der Waals surface area contributed by atoms with Crippen LogP contribution >= 0.6 is 0 Å². The molecule has 0 atom stereocenters. The highest BCUT2D eigenvalue weighted by atomic mass is 19.4. The molecule has 34 heavy (non-hydrogen) atoms. The average Bonchev–Trinajstić information content (AvgIpc) is 3.22.